The zero-order valence-electron chi connectivity index (χ0n) is 15.8. The third-order valence-electron chi connectivity index (χ3n) is 4.47. The topological polar surface area (TPSA) is 73.9 Å². The van der Waals surface area contributed by atoms with E-state index in [4.69, 9.17) is 25.8 Å². The highest BCUT2D eigenvalue weighted by molar-refractivity contribution is 6.32. The van der Waals surface area contributed by atoms with Gasteiger partial charge in [-0.2, -0.15) is 0 Å². The molecular formula is C21H22ClNO5. The summed E-state index contributed by atoms with van der Waals surface area (Å²) in [5.41, 5.74) is 3.46. The molecule has 0 bridgehead atoms. The molecule has 0 unspecified atom stereocenters. The lowest BCUT2D eigenvalue weighted by molar-refractivity contribution is -0.119. The number of anilines is 1. The van der Waals surface area contributed by atoms with Gasteiger partial charge in [0.2, 0.25) is 0 Å². The third-order valence-corrected chi connectivity index (χ3v) is 4.75. The Bertz CT molecular complexity index is 897. The van der Waals surface area contributed by atoms with Crippen molar-refractivity contribution in [1.82, 2.24) is 0 Å². The Labute approximate surface area is 168 Å². The molecule has 7 heteroatoms. The van der Waals surface area contributed by atoms with Crippen LogP contribution in [0.25, 0.3) is 0 Å². The predicted octanol–water partition coefficient (Wildman–Crippen LogP) is 4.03. The third kappa shape index (κ3) is 4.57. The van der Waals surface area contributed by atoms with Crippen LogP contribution in [-0.2, 0) is 22.4 Å². The van der Waals surface area contributed by atoms with Gasteiger partial charge in [-0.3, -0.25) is 4.79 Å². The summed E-state index contributed by atoms with van der Waals surface area (Å²) < 4.78 is 15.7. The zero-order valence-corrected chi connectivity index (χ0v) is 16.6. The van der Waals surface area contributed by atoms with Crippen LogP contribution in [-0.4, -0.2) is 32.2 Å². The molecule has 1 aliphatic rings. The molecule has 0 atom stereocenters. The van der Waals surface area contributed by atoms with E-state index in [-0.39, 0.29) is 10.6 Å². The Morgan fingerprint density at radius 3 is 2.68 bits per heavy atom. The molecule has 1 aliphatic carbocycles. The number of carbonyl (C=O) groups excluding carboxylic acids is 2. The number of amides is 1. The Morgan fingerprint density at radius 2 is 1.93 bits per heavy atom. The van der Waals surface area contributed by atoms with Crippen LogP contribution in [0.5, 0.6) is 11.5 Å². The van der Waals surface area contributed by atoms with E-state index in [9.17, 15) is 9.59 Å². The summed E-state index contributed by atoms with van der Waals surface area (Å²) in [6, 6.07) is 8.76. The highest BCUT2D eigenvalue weighted by atomic mass is 35.5. The Hall–Kier alpha value is -2.73. The summed E-state index contributed by atoms with van der Waals surface area (Å²) in [6.45, 7) is 1.82. The molecule has 2 aromatic carbocycles. The van der Waals surface area contributed by atoms with E-state index in [1.807, 2.05) is 25.1 Å². The Balaban J connectivity index is 1.60. The van der Waals surface area contributed by atoms with Crippen molar-refractivity contribution >= 4 is 29.2 Å². The number of aryl methyl sites for hydroxylation is 2. The van der Waals surface area contributed by atoms with Crippen LogP contribution in [0.4, 0.5) is 5.69 Å². The summed E-state index contributed by atoms with van der Waals surface area (Å²) in [7, 11) is 1.45. The molecule has 0 saturated carbocycles. The highest BCUT2D eigenvalue weighted by Gasteiger charge is 2.18. The monoisotopic (exact) mass is 403 g/mol. The molecule has 6 nitrogen and oxygen atoms in total. The lowest BCUT2D eigenvalue weighted by Gasteiger charge is -2.13. The summed E-state index contributed by atoms with van der Waals surface area (Å²) in [5.74, 6) is -0.399. The number of hydrogen-bond acceptors (Lipinski definition) is 5. The number of halogens is 1. The second-order valence-electron chi connectivity index (χ2n) is 6.38. The smallest absolute Gasteiger partial charge is 0.338 e. The van der Waals surface area contributed by atoms with Crippen LogP contribution in [0, 0.1) is 0 Å². The number of rotatable bonds is 7. The maximum atomic E-state index is 12.3. The van der Waals surface area contributed by atoms with Crippen molar-refractivity contribution in [3.63, 3.8) is 0 Å². The van der Waals surface area contributed by atoms with E-state index in [0.717, 1.165) is 19.3 Å². The van der Waals surface area contributed by atoms with Crippen LogP contribution in [0.15, 0.2) is 30.3 Å². The normalized spacial score (nSPS) is 12.2. The second-order valence-corrected chi connectivity index (χ2v) is 6.79. The van der Waals surface area contributed by atoms with Gasteiger partial charge in [0.25, 0.3) is 5.91 Å². The second kappa shape index (κ2) is 8.97. The fourth-order valence-electron chi connectivity index (χ4n) is 3.18. The first-order chi connectivity index (χ1) is 13.5. The van der Waals surface area contributed by atoms with Crippen molar-refractivity contribution in [3.05, 3.63) is 52.0 Å². The van der Waals surface area contributed by atoms with Gasteiger partial charge in [0.15, 0.2) is 18.1 Å². The first-order valence-corrected chi connectivity index (χ1v) is 9.48. The number of ether oxygens (including phenoxy) is 3. The highest BCUT2D eigenvalue weighted by Crippen LogP contribution is 2.36. The maximum absolute atomic E-state index is 12.3. The molecule has 0 aromatic heterocycles. The van der Waals surface area contributed by atoms with Gasteiger partial charge in [0.05, 0.1) is 24.3 Å². The summed E-state index contributed by atoms with van der Waals surface area (Å²) in [5, 5.41) is 2.98. The van der Waals surface area contributed by atoms with Crippen LogP contribution < -0.4 is 14.8 Å². The molecule has 2 aromatic rings. The SMILES string of the molecule is CCOc1c(Cl)cc(C(=O)OCC(=O)Nc2ccc3c(c2)CCC3)cc1OC. The number of esters is 1. The first-order valence-electron chi connectivity index (χ1n) is 9.11. The number of fused-ring (bicyclic) bond motifs is 1. The predicted molar refractivity (Wildman–Crippen MR) is 107 cm³/mol. The van der Waals surface area contributed by atoms with Crippen LogP contribution >= 0.6 is 11.6 Å². The number of nitrogens with one attached hydrogen (secondary N) is 1. The van der Waals surface area contributed by atoms with E-state index in [1.165, 1.54) is 30.4 Å². The van der Waals surface area contributed by atoms with E-state index in [0.29, 0.717) is 23.8 Å². The molecule has 0 spiro atoms. The molecule has 3 rings (SSSR count). The molecular weight excluding hydrogens is 382 g/mol. The largest absolute Gasteiger partial charge is 0.493 e. The van der Waals surface area contributed by atoms with Crippen LogP contribution in [0.2, 0.25) is 5.02 Å². The van der Waals surface area contributed by atoms with Gasteiger partial charge >= 0.3 is 5.97 Å². The van der Waals surface area contributed by atoms with Gasteiger partial charge in [-0.25, -0.2) is 4.79 Å². The summed E-state index contributed by atoms with van der Waals surface area (Å²) in [4.78, 5) is 24.4. The molecule has 28 heavy (non-hydrogen) atoms. The quantitative estimate of drug-likeness (QED) is 0.706. The van der Waals surface area contributed by atoms with Crippen molar-refractivity contribution in [2.75, 3.05) is 25.6 Å². The van der Waals surface area contributed by atoms with E-state index in [2.05, 4.69) is 5.32 Å². The van der Waals surface area contributed by atoms with Crippen LogP contribution in [0.1, 0.15) is 34.8 Å². The molecule has 0 saturated heterocycles. The van der Waals surface area contributed by atoms with Gasteiger partial charge in [-0.05, 0) is 61.6 Å². The molecule has 1 N–H and O–H groups in total. The molecule has 0 fully saturated rings. The number of methoxy groups -OCH3 is 1. The van der Waals surface area contributed by atoms with E-state index >= 15 is 0 Å². The van der Waals surface area contributed by atoms with Crippen molar-refractivity contribution in [1.29, 1.82) is 0 Å². The zero-order chi connectivity index (χ0) is 20.1. The Kier molecular flexibility index (Phi) is 6.41. The molecule has 0 radical (unpaired) electrons. The van der Waals surface area contributed by atoms with Crippen molar-refractivity contribution in [2.45, 2.75) is 26.2 Å². The van der Waals surface area contributed by atoms with E-state index in [1.54, 1.807) is 0 Å². The fourth-order valence-corrected chi connectivity index (χ4v) is 3.45. The standard InChI is InChI=1S/C21H22ClNO5/c1-3-27-20-17(22)10-15(11-18(20)26-2)21(25)28-12-19(24)23-16-8-7-13-5-4-6-14(13)9-16/h7-11H,3-6,12H2,1-2H3,(H,23,24). The molecule has 0 aliphatic heterocycles. The Morgan fingerprint density at radius 1 is 1.14 bits per heavy atom. The number of carbonyl (C=O) groups is 2. The summed E-state index contributed by atoms with van der Waals surface area (Å²) >= 11 is 6.16. The lowest BCUT2D eigenvalue weighted by Crippen LogP contribution is -2.21. The van der Waals surface area contributed by atoms with Crippen molar-refractivity contribution in [2.24, 2.45) is 0 Å². The van der Waals surface area contributed by atoms with Gasteiger partial charge in [-0.15, -0.1) is 0 Å². The minimum Gasteiger partial charge on any atom is -0.493 e. The number of benzene rings is 2. The van der Waals surface area contributed by atoms with Gasteiger partial charge in [-0.1, -0.05) is 17.7 Å². The van der Waals surface area contributed by atoms with Gasteiger partial charge in [0.1, 0.15) is 0 Å². The van der Waals surface area contributed by atoms with Gasteiger partial charge in [0, 0.05) is 5.69 Å². The van der Waals surface area contributed by atoms with Gasteiger partial charge < -0.3 is 19.5 Å². The molecule has 148 valence electrons. The minimum absolute atomic E-state index is 0.177. The first kappa shape index (κ1) is 20.0. The molecule has 0 heterocycles. The van der Waals surface area contributed by atoms with Crippen molar-refractivity contribution < 1.29 is 23.8 Å². The summed E-state index contributed by atoms with van der Waals surface area (Å²) in [6.07, 6.45) is 3.24. The fraction of sp³-hybridized carbons (Fsp3) is 0.333. The molecule has 1 amide bonds. The van der Waals surface area contributed by atoms with Crippen LogP contribution in [0.3, 0.4) is 0 Å². The number of hydrogen-bond donors (Lipinski definition) is 1. The average Bonchev–Trinajstić information content (AvgIpc) is 3.15. The van der Waals surface area contributed by atoms with Crippen molar-refractivity contribution in [3.8, 4) is 11.5 Å². The maximum Gasteiger partial charge on any atom is 0.338 e. The van der Waals surface area contributed by atoms with E-state index < -0.39 is 18.5 Å². The average molecular weight is 404 g/mol. The minimum atomic E-state index is -0.674. The lowest BCUT2D eigenvalue weighted by atomic mass is 10.1.